The minimum Gasteiger partial charge on any atom is -0.396 e. The molecule has 2 aromatic carbocycles. The number of nitrogens with two attached hydrogens (primary N) is 1. The van der Waals surface area contributed by atoms with E-state index >= 15 is 0 Å². The summed E-state index contributed by atoms with van der Waals surface area (Å²) in [6, 6.07) is 12.9. The number of amides is 2. The third-order valence-electron chi connectivity index (χ3n) is 6.65. The second kappa shape index (κ2) is 11.7. The summed E-state index contributed by atoms with van der Waals surface area (Å²) in [6.45, 7) is 3.36. The number of aliphatic hydroxyl groups excluding tert-OH is 3. The van der Waals surface area contributed by atoms with Gasteiger partial charge in [0.15, 0.2) is 0 Å². The number of amidine groups is 1. The Balaban J connectivity index is 1.55. The van der Waals surface area contributed by atoms with E-state index in [1.54, 1.807) is 17.0 Å². The van der Waals surface area contributed by atoms with E-state index in [2.05, 4.69) is 4.99 Å². The third-order valence-corrected chi connectivity index (χ3v) is 6.65. The summed E-state index contributed by atoms with van der Waals surface area (Å²) in [6.07, 6.45) is 1.59. The van der Waals surface area contributed by atoms with Crippen LogP contribution in [0.15, 0.2) is 53.0 Å². The van der Waals surface area contributed by atoms with E-state index < -0.39 is 12.2 Å². The van der Waals surface area contributed by atoms with Gasteiger partial charge in [-0.1, -0.05) is 31.2 Å². The van der Waals surface area contributed by atoms with Gasteiger partial charge >= 0.3 is 0 Å². The van der Waals surface area contributed by atoms with Gasteiger partial charge in [-0.3, -0.25) is 9.59 Å². The van der Waals surface area contributed by atoms with Crippen molar-refractivity contribution in [1.82, 2.24) is 9.80 Å². The molecule has 2 atom stereocenters. The fraction of sp³-hybridized carbons (Fsp3) is 0.393. The standard InChI is InChI=1S/C28H34N4O5/c1-2-10-31(11-3-12-33)28(37)22-13-21-9-8-20(14-23(21)30-26(29)15-22)18-4-6-19(7-5-18)27(36)32-16-24(34)25(35)17-32/h4-9,13-14,24-25,33-35H,2-3,10-12,15-17H2,1H3,(H2,29,30). The summed E-state index contributed by atoms with van der Waals surface area (Å²) in [4.78, 5) is 33.7. The van der Waals surface area contributed by atoms with Gasteiger partial charge < -0.3 is 30.9 Å². The molecule has 9 nitrogen and oxygen atoms in total. The maximum absolute atomic E-state index is 13.2. The van der Waals surface area contributed by atoms with Crippen molar-refractivity contribution < 1.29 is 24.9 Å². The number of aliphatic hydroxyl groups is 3. The summed E-state index contributed by atoms with van der Waals surface area (Å²) in [7, 11) is 0. The molecule has 2 amide bonds. The van der Waals surface area contributed by atoms with Crippen molar-refractivity contribution in [2.45, 2.75) is 38.4 Å². The van der Waals surface area contributed by atoms with Crippen molar-refractivity contribution in [3.63, 3.8) is 0 Å². The van der Waals surface area contributed by atoms with E-state index in [1.807, 2.05) is 43.3 Å². The van der Waals surface area contributed by atoms with Gasteiger partial charge in [0.1, 0.15) is 5.84 Å². The highest BCUT2D eigenvalue weighted by molar-refractivity contribution is 6.05. The SMILES string of the molecule is CCCN(CCCO)C(=O)C1=Cc2ccc(-c3ccc(C(=O)N4CC(O)C(O)C4)cc3)cc2N=C(N)C1. The molecule has 1 fully saturated rings. The quantitative estimate of drug-likeness (QED) is 0.431. The molecule has 37 heavy (non-hydrogen) atoms. The van der Waals surface area contributed by atoms with Crippen molar-refractivity contribution in [2.24, 2.45) is 10.7 Å². The third kappa shape index (κ3) is 6.07. The molecule has 2 aliphatic rings. The number of carbonyl (C=O) groups is 2. The van der Waals surface area contributed by atoms with E-state index in [0.29, 0.717) is 42.2 Å². The van der Waals surface area contributed by atoms with Crippen molar-refractivity contribution >= 4 is 29.4 Å². The molecule has 0 aliphatic carbocycles. The van der Waals surface area contributed by atoms with Crippen LogP contribution in [0.25, 0.3) is 17.2 Å². The first-order valence-corrected chi connectivity index (χ1v) is 12.6. The van der Waals surface area contributed by atoms with Crippen LogP contribution in [-0.4, -0.2) is 87.8 Å². The summed E-state index contributed by atoms with van der Waals surface area (Å²) >= 11 is 0. The van der Waals surface area contributed by atoms with Crippen molar-refractivity contribution in [3.05, 3.63) is 59.2 Å². The van der Waals surface area contributed by atoms with E-state index in [1.165, 1.54) is 4.90 Å². The Kier molecular flexibility index (Phi) is 8.38. The molecular weight excluding hydrogens is 472 g/mol. The van der Waals surface area contributed by atoms with Crippen molar-refractivity contribution in [2.75, 3.05) is 32.8 Å². The topological polar surface area (TPSA) is 140 Å². The number of fused-ring (bicyclic) bond motifs is 1. The zero-order valence-electron chi connectivity index (χ0n) is 21.0. The lowest BCUT2D eigenvalue weighted by molar-refractivity contribution is -0.127. The Morgan fingerprint density at radius 1 is 1.05 bits per heavy atom. The molecule has 2 heterocycles. The van der Waals surface area contributed by atoms with E-state index in [4.69, 9.17) is 5.73 Å². The fourth-order valence-corrected chi connectivity index (χ4v) is 4.68. The van der Waals surface area contributed by atoms with E-state index in [9.17, 15) is 24.9 Å². The first-order chi connectivity index (χ1) is 17.8. The Morgan fingerprint density at radius 3 is 2.38 bits per heavy atom. The maximum Gasteiger partial charge on any atom is 0.254 e. The van der Waals surface area contributed by atoms with Crippen LogP contribution in [0.3, 0.4) is 0 Å². The molecule has 0 radical (unpaired) electrons. The van der Waals surface area contributed by atoms with Crippen LogP contribution in [0, 0.1) is 0 Å². The molecule has 0 bridgehead atoms. The maximum atomic E-state index is 13.2. The zero-order valence-corrected chi connectivity index (χ0v) is 21.0. The molecule has 1 saturated heterocycles. The number of hydrogen-bond donors (Lipinski definition) is 4. The molecule has 0 aromatic heterocycles. The molecule has 0 saturated carbocycles. The van der Waals surface area contributed by atoms with Gasteiger partial charge in [0.25, 0.3) is 5.91 Å². The Morgan fingerprint density at radius 2 is 1.73 bits per heavy atom. The number of rotatable bonds is 8. The monoisotopic (exact) mass is 506 g/mol. The van der Waals surface area contributed by atoms with Crippen LogP contribution in [-0.2, 0) is 4.79 Å². The summed E-state index contributed by atoms with van der Waals surface area (Å²) in [5.41, 5.74) is 10.5. The molecular formula is C28H34N4O5. The number of likely N-dealkylation sites (tertiary alicyclic amines) is 1. The summed E-state index contributed by atoms with van der Waals surface area (Å²) in [5.74, 6) is 0.0219. The van der Waals surface area contributed by atoms with E-state index in [0.717, 1.165) is 23.1 Å². The second-order valence-electron chi connectivity index (χ2n) is 9.51. The van der Waals surface area contributed by atoms with Crippen LogP contribution < -0.4 is 5.73 Å². The predicted molar refractivity (Wildman–Crippen MR) is 142 cm³/mol. The van der Waals surface area contributed by atoms with Gasteiger partial charge in [0.05, 0.1) is 17.9 Å². The van der Waals surface area contributed by atoms with E-state index in [-0.39, 0.29) is 37.9 Å². The lowest BCUT2D eigenvalue weighted by Crippen LogP contribution is -2.35. The molecule has 196 valence electrons. The highest BCUT2D eigenvalue weighted by Crippen LogP contribution is 2.32. The Hall–Kier alpha value is -3.53. The number of benzene rings is 2. The van der Waals surface area contributed by atoms with Crippen LogP contribution >= 0.6 is 0 Å². The number of β-amino-alcohol motifs (C(OH)–C–C–N with tert-alkyl or cyclic N) is 2. The first-order valence-electron chi connectivity index (χ1n) is 12.6. The van der Waals surface area contributed by atoms with Crippen molar-refractivity contribution in [1.29, 1.82) is 0 Å². The molecule has 5 N–H and O–H groups in total. The van der Waals surface area contributed by atoms with Gasteiger partial charge in [-0.2, -0.15) is 0 Å². The highest BCUT2D eigenvalue weighted by Gasteiger charge is 2.33. The number of nitrogens with zero attached hydrogens (tertiary/aromatic N) is 3. The fourth-order valence-electron chi connectivity index (χ4n) is 4.68. The van der Waals surface area contributed by atoms with Gasteiger partial charge in [-0.05, 0) is 48.2 Å². The summed E-state index contributed by atoms with van der Waals surface area (Å²) < 4.78 is 0. The largest absolute Gasteiger partial charge is 0.396 e. The van der Waals surface area contributed by atoms with Gasteiger partial charge in [0, 0.05) is 55.9 Å². The Labute approximate surface area is 216 Å². The van der Waals surface area contributed by atoms with Crippen LogP contribution in [0.5, 0.6) is 0 Å². The lowest BCUT2D eigenvalue weighted by Gasteiger charge is -2.23. The molecule has 0 spiro atoms. The number of hydrogen-bond acceptors (Lipinski definition) is 7. The van der Waals surface area contributed by atoms with Gasteiger partial charge in [0.2, 0.25) is 5.91 Å². The molecule has 2 aromatic rings. The number of carbonyl (C=O) groups excluding carboxylic acids is 2. The predicted octanol–water partition coefficient (Wildman–Crippen LogP) is 1.93. The smallest absolute Gasteiger partial charge is 0.254 e. The average Bonchev–Trinajstić information content (AvgIpc) is 3.13. The molecule has 2 aliphatic heterocycles. The molecule has 4 rings (SSSR count). The van der Waals surface area contributed by atoms with Crippen LogP contribution in [0.4, 0.5) is 5.69 Å². The van der Waals surface area contributed by atoms with Gasteiger partial charge in [-0.25, -0.2) is 4.99 Å². The molecule has 9 heteroatoms. The minimum atomic E-state index is -0.920. The number of aliphatic imine (C=N–C) groups is 1. The molecule has 2 unspecified atom stereocenters. The van der Waals surface area contributed by atoms with Crippen molar-refractivity contribution in [3.8, 4) is 11.1 Å². The first kappa shape index (κ1) is 26.5. The normalized spacial score (nSPS) is 19.1. The second-order valence-corrected chi connectivity index (χ2v) is 9.51. The highest BCUT2D eigenvalue weighted by atomic mass is 16.3. The van der Waals surface area contributed by atoms with Crippen LogP contribution in [0.2, 0.25) is 0 Å². The Bertz CT molecular complexity index is 1200. The average molecular weight is 507 g/mol. The lowest BCUT2D eigenvalue weighted by atomic mass is 9.99. The minimum absolute atomic E-state index is 0.0292. The zero-order chi connectivity index (χ0) is 26.5. The van der Waals surface area contributed by atoms with Gasteiger partial charge in [-0.15, -0.1) is 0 Å². The van der Waals surface area contributed by atoms with Crippen LogP contribution in [0.1, 0.15) is 42.1 Å². The summed E-state index contributed by atoms with van der Waals surface area (Å²) in [5, 5.41) is 28.6.